The fourth-order valence-corrected chi connectivity index (χ4v) is 2.51. The van der Waals surface area contributed by atoms with Gasteiger partial charge in [-0.3, -0.25) is 0 Å². The first-order valence-corrected chi connectivity index (χ1v) is 8.17. The Bertz CT molecular complexity index is 521. The Labute approximate surface area is 139 Å². The van der Waals surface area contributed by atoms with Crippen molar-refractivity contribution in [1.82, 2.24) is 0 Å². The Kier molecular flexibility index (Phi) is 5.43. The van der Waals surface area contributed by atoms with Gasteiger partial charge in [0.25, 0.3) is 0 Å². The lowest BCUT2D eigenvalue weighted by molar-refractivity contribution is 0.00578. The minimum atomic E-state index is -0.346. The SMILES string of the molecule is COCc1ccc(C=C(CS)B2OC(C)(C)C(C)(C)O2)cc1. The highest BCUT2D eigenvalue weighted by atomic mass is 32.1. The molecule has 0 amide bonds. The summed E-state index contributed by atoms with van der Waals surface area (Å²) in [5, 5.41) is 0. The molecule has 1 heterocycles. The minimum absolute atomic E-state index is 0.331. The van der Waals surface area contributed by atoms with E-state index in [9.17, 15) is 0 Å². The molecule has 1 fully saturated rings. The van der Waals surface area contributed by atoms with E-state index in [1.54, 1.807) is 7.11 Å². The fraction of sp³-hybridized carbons (Fsp3) is 0.529. The molecule has 0 unspecified atom stereocenters. The Balaban J connectivity index is 2.18. The maximum absolute atomic E-state index is 6.09. The standard InChI is InChI=1S/C17H25BO3S/c1-16(2)17(3,4)21-18(20-16)15(12-22)10-13-6-8-14(9-7-13)11-19-5/h6-10,22H,11-12H2,1-5H3. The van der Waals surface area contributed by atoms with E-state index in [-0.39, 0.29) is 18.3 Å². The van der Waals surface area contributed by atoms with E-state index in [1.807, 2.05) is 0 Å². The number of ether oxygens (including phenoxy) is 1. The Hall–Kier alpha value is -0.745. The molecule has 1 aliphatic rings. The van der Waals surface area contributed by atoms with Gasteiger partial charge in [-0.1, -0.05) is 30.3 Å². The van der Waals surface area contributed by atoms with Crippen LogP contribution in [0.25, 0.3) is 6.08 Å². The largest absolute Gasteiger partial charge is 0.491 e. The van der Waals surface area contributed by atoms with Crippen LogP contribution in [0, 0.1) is 0 Å². The number of hydrogen-bond donors (Lipinski definition) is 1. The van der Waals surface area contributed by atoms with Crippen molar-refractivity contribution in [1.29, 1.82) is 0 Å². The normalized spacial score (nSPS) is 20.5. The van der Waals surface area contributed by atoms with E-state index in [0.29, 0.717) is 12.4 Å². The summed E-state index contributed by atoms with van der Waals surface area (Å²) in [6.07, 6.45) is 2.09. The second-order valence-corrected chi connectivity index (χ2v) is 6.96. The number of thiol groups is 1. The van der Waals surface area contributed by atoms with Crippen molar-refractivity contribution in [3.8, 4) is 0 Å². The Morgan fingerprint density at radius 2 is 1.68 bits per heavy atom. The van der Waals surface area contributed by atoms with Gasteiger partial charge in [0.15, 0.2) is 0 Å². The lowest BCUT2D eigenvalue weighted by atomic mass is 9.78. The third-order valence-corrected chi connectivity index (χ3v) is 4.75. The lowest BCUT2D eigenvalue weighted by Gasteiger charge is -2.32. The van der Waals surface area contributed by atoms with Crippen molar-refractivity contribution in [3.05, 3.63) is 40.9 Å². The molecule has 0 atom stereocenters. The van der Waals surface area contributed by atoms with E-state index < -0.39 is 0 Å². The molecule has 0 bridgehead atoms. The van der Waals surface area contributed by atoms with Crippen molar-refractivity contribution in [2.45, 2.75) is 45.5 Å². The van der Waals surface area contributed by atoms with Gasteiger partial charge in [0, 0.05) is 12.9 Å². The first-order chi connectivity index (χ1) is 10.3. The van der Waals surface area contributed by atoms with Crippen molar-refractivity contribution >= 4 is 25.8 Å². The second kappa shape index (κ2) is 6.79. The smallest absolute Gasteiger partial charge is 0.400 e. The van der Waals surface area contributed by atoms with Crippen LogP contribution in [0.3, 0.4) is 0 Å². The van der Waals surface area contributed by atoms with Crippen molar-refractivity contribution in [2.75, 3.05) is 12.9 Å². The van der Waals surface area contributed by atoms with Gasteiger partial charge in [-0.25, -0.2) is 0 Å². The van der Waals surface area contributed by atoms with Gasteiger partial charge in [0.1, 0.15) is 0 Å². The average Bonchev–Trinajstić information content (AvgIpc) is 2.67. The fourth-order valence-electron chi connectivity index (χ4n) is 2.27. The van der Waals surface area contributed by atoms with Crippen LogP contribution >= 0.6 is 12.6 Å². The molecule has 0 saturated carbocycles. The van der Waals surface area contributed by atoms with Gasteiger partial charge >= 0.3 is 7.12 Å². The van der Waals surface area contributed by atoms with Crippen LogP contribution in [-0.4, -0.2) is 31.2 Å². The van der Waals surface area contributed by atoms with Crippen LogP contribution in [-0.2, 0) is 20.7 Å². The zero-order chi connectivity index (χ0) is 16.4. The highest BCUT2D eigenvalue weighted by molar-refractivity contribution is 7.80. The van der Waals surface area contributed by atoms with Gasteiger partial charge in [0.2, 0.25) is 0 Å². The summed E-state index contributed by atoms with van der Waals surface area (Å²) in [5.41, 5.74) is 2.63. The molecule has 1 aromatic rings. The number of methoxy groups -OCH3 is 1. The van der Waals surface area contributed by atoms with Crippen molar-refractivity contribution in [3.63, 3.8) is 0 Å². The zero-order valence-corrected chi connectivity index (χ0v) is 14.9. The Morgan fingerprint density at radius 3 is 2.14 bits per heavy atom. The number of hydrogen-bond acceptors (Lipinski definition) is 4. The summed E-state index contributed by atoms with van der Waals surface area (Å²) in [6, 6.07) is 8.28. The molecule has 1 aliphatic heterocycles. The minimum Gasteiger partial charge on any atom is -0.400 e. The first-order valence-electron chi connectivity index (χ1n) is 7.54. The zero-order valence-electron chi connectivity index (χ0n) is 14.1. The summed E-state index contributed by atoms with van der Waals surface area (Å²) in [4.78, 5) is 0. The molecule has 1 saturated heterocycles. The predicted molar refractivity (Wildman–Crippen MR) is 95.1 cm³/mol. The van der Waals surface area contributed by atoms with E-state index in [4.69, 9.17) is 14.0 Å². The Morgan fingerprint density at radius 1 is 1.14 bits per heavy atom. The topological polar surface area (TPSA) is 27.7 Å². The molecule has 0 N–H and O–H groups in total. The highest BCUT2D eigenvalue weighted by Crippen LogP contribution is 2.39. The molecule has 0 aromatic heterocycles. The second-order valence-electron chi connectivity index (χ2n) is 6.64. The van der Waals surface area contributed by atoms with Crippen LogP contribution in [0.15, 0.2) is 29.7 Å². The van der Waals surface area contributed by atoms with E-state index in [1.165, 1.54) is 0 Å². The number of rotatable bonds is 5. The molecule has 120 valence electrons. The predicted octanol–water partition coefficient (Wildman–Crippen LogP) is 3.78. The monoisotopic (exact) mass is 320 g/mol. The van der Waals surface area contributed by atoms with Crippen LogP contribution in [0.1, 0.15) is 38.8 Å². The molecular formula is C17H25BO3S. The van der Waals surface area contributed by atoms with Crippen molar-refractivity contribution < 1.29 is 14.0 Å². The summed E-state index contributed by atoms with van der Waals surface area (Å²) in [7, 11) is 1.35. The highest BCUT2D eigenvalue weighted by Gasteiger charge is 2.52. The maximum Gasteiger partial charge on any atom is 0.491 e. The van der Waals surface area contributed by atoms with Gasteiger partial charge in [-0.05, 0) is 44.3 Å². The molecule has 2 rings (SSSR count). The lowest BCUT2D eigenvalue weighted by Crippen LogP contribution is -2.41. The summed E-state index contributed by atoms with van der Waals surface area (Å²) >= 11 is 4.44. The maximum atomic E-state index is 6.09. The van der Waals surface area contributed by atoms with Crippen LogP contribution in [0.2, 0.25) is 0 Å². The van der Waals surface area contributed by atoms with E-state index in [0.717, 1.165) is 16.6 Å². The summed E-state index contributed by atoms with van der Waals surface area (Å²) in [6.45, 7) is 8.86. The molecule has 1 aromatic carbocycles. The average molecular weight is 320 g/mol. The molecule has 3 nitrogen and oxygen atoms in total. The van der Waals surface area contributed by atoms with Gasteiger partial charge < -0.3 is 14.0 Å². The van der Waals surface area contributed by atoms with Crippen LogP contribution < -0.4 is 0 Å². The molecule has 0 radical (unpaired) electrons. The number of benzene rings is 1. The quantitative estimate of drug-likeness (QED) is 0.661. The summed E-state index contributed by atoms with van der Waals surface area (Å²) < 4.78 is 17.3. The molecule has 0 aliphatic carbocycles. The third-order valence-electron chi connectivity index (χ3n) is 4.38. The molecule has 5 heteroatoms. The van der Waals surface area contributed by atoms with E-state index in [2.05, 4.69) is 70.7 Å². The van der Waals surface area contributed by atoms with E-state index >= 15 is 0 Å². The van der Waals surface area contributed by atoms with Gasteiger partial charge in [-0.2, -0.15) is 12.6 Å². The van der Waals surface area contributed by atoms with Gasteiger partial charge in [0.05, 0.1) is 17.8 Å². The third kappa shape index (κ3) is 3.77. The van der Waals surface area contributed by atoms with Crippen LogP contribution in [0.5, 0.6) is 0 Å². The molecule has 0 spiro atoms. The summed E-state index contributed by atoms with van der Waals surface area (Å²) in [5.74, 6) is 0.594. The van der Waals surface area contributed by atoms with Gasteiger partial charge in [-0.15, -0.1) is 0 Å². The van der Waals surface area contributed by atoms with Crippen LogP contribution in [0.4, 0.5) is 0 Å². The first kappa shape index (κ1) is 17.6. The van der Waals surface area contributed by atoms with Crippen molar-refractivity contribution in [2.24, 2.45) is 0 Å². The molecular weight excluding hydrogens is 295 g/mol. The molecule has 22 heavy (non-hydrogen) atoms.